The third-order valence-electron chi connectivity index (χ3n) is 6.02. The fraction of sp³-hybridized carbons (Fsp3) is 0.179. The van der Waals surface area contributed by atoms with Crippen LogP contribution in [0.4, 0.5) is 14.6 Å². The molecule has 1 unspecified atom stereocenters. The summed E-state index contributed by atoms with van der Waals surface area (Å²) < 4.78 is 73.3. The number of carbonyl (C=O) groups is 1. The Bertz CT molecular complexity index is 1580. The molecule has 218 valence electrons. The van der Waals surface area contributed by atoms with E-state index in [1.807, 2.05) is 0 Å². The van der Waals surface area contributed by atoms with E-state index in [1.165, 1.54) is 48.5 Å². The van der Waals surface area contributed by atoms with Crippen molar-refractivity contribution in [2.24, 2.45) is 0 Å². The Kier molecular flexibility index (Phi) is 8.34. The van der Waals surface area contributed by atoms with Crippen molar-refractivity contribution in [1.82, 2.24) is 9.55 Å². The molecule has 2 N–H and O–H groups in total. The van der Waals surface area contributed by atoms with Gasteiger partial charge in [0.2, 0.25) is 6.23 Å². The lowest BCUT2D eigenvalue weighted by Gasteiger charge is -2.25. The van der Waals surface area contributed by atoms with Crippen molar-refractivity contribution in [3.8, 4) is 11.5 Å². The van der Waals surface area contributed by atoms with Crippen LogP contribution in [0.3, 0.4) is 0 Å². The van der Waals surface area contributed by atoms with Crippen LogP contribution < -0.4 is 20.5 Å². The first-order chi connectivity index (χ1) is 20.1. The molecule has 0 radical (unpaired) electrons. The molecule has 1 fully saturated rings. The molecule has 42 heavy (non-hydrogen) atoms. The molecule has 14 heteroatoms. The molecule has 3 atom stereocenters. The molecule has 11 nitrogen and oxygen atoms in total. The largest absolute Gasteiger partial charge is 0.587 e. The van der Waals surface area contributed by atoms with Crippen LogP contribution >= 0.6 is 7.82 Å². The number of carbonyl (C=O) groups excluding carboxylic acids is 1. The van der Waals surface area contributed by atoms with Crippen LogP contribution in [-0.2, 0) is 18.6 Å². The van der Waals surface area contributed by atoms with E-state index < -0.39 is 50.4 Å². The number of nitrogen functional groups attached to an aromatic ring is 1. The number of aromatic nitrogens is 2. The zero-order valence-corrected chi connectivity index (χ0v) is 22.6. The Hall–Kier alpha value is -4.58. The number of phosphoric acid groups is 1. The SMILES string of the molecule is Nc1ccn(C2O[C@H](COP(=O)(Oc3ccccc3)Oc3ccccc3)[C@@H](OC(=O)c3ccccc3)C2(F)F)c(=O)n1. The van der Waals surface area contributed by atoms with Crippen LogP contribution in [0.1, 0.15) is 16.6 Å². The van der Waals surface area contributed by atoms with E-state index in [0.717, 1.165) is 12.3 Å². The maximum Gasteiger partial charge on any atom is 0.587 e. The van der Waals surface area contributed by atoms with Crippen molar-refractivity contribution in [2.75, 3.05) is 12.3 Å². The molecule has 4 aromatic rings. The van der Waals surface area contributed by atoms with Crippen molar-refractivity contribution in [3.63, 3.8) is 0 Å². The summed E-state index contributed by atoms with van der Waals surface area (Å²) in [6, 6.07) is 24.4. The van der Waals surface area contributed by atoms with E-state index in [1.54, 1.807) is 42.5 Å². The van der Waals surface area contributed by atoms with Gasteiger partial charge in [-0.3, -0.25) is 9.09 Å². The van der Waals surface area contributed by atoms with Gasteiger partial charge in [0, 0.05) is 6.20 Å². The highest BCUT2D eigenvalue weighted by Crippen LogP contribution is 2.51. The summed E-state index contributed by atoms with van der Waals surface area (Å²) in [5.41, 5.74) is 4.37. The number of phosphoric ester groups is 1. The van der Waals surface area contributed by atoms with Gasteiger partial charge in [-0.1, -0.05) is 54.6 Å². The molecule has 0 spiro atoms. The molecule has 0 bridgehead atoms. The fourth-order valence-electron chi connectivity index (χ4n) is 4.07. The van der Waals surface area contributed by atoms with Gasteiger partial charge in [-0.25, -0.2) is 14.2 Å². The van der Waals surface area contributed by atoms with Crippen LogP contribution in [-0.4, -0.2) is 40.3 Å². The number of nitrogens with zero attached hydrogens (tertiary/aromatic N) is 2. The zero-order valence-electron chi connectivity index (χ0n) is 21.7. The summed E-state index contributed by atoms with van der Waals surface area (Å²) >= 11 is 0. The molecule has 1 aliphatic rings. The highest BCUT2D eigenvalue weighted by Gasteiger charge is 2.63. The van der Waals surface area contributed by atoms with E-state index in [4.69, 9.17) is 28.8 Å². The Morgan fingerprint density at radius 1 is 0.929 bits per heavy atom. The monoisotopic (exact) mass is 599 g/mol. The summed E-state index contributed by atoms with van der Waals surface area (Å²) in [6.45, 7) is -0.854. The number of nitrogens with two attached hydrogens (primary N) is 1. The van der Waals surface area contributed by atoms with Gasteiger partial charge in [-0.15, -0.1) is 0 Å². The maximum absolute atomic E-state index is 15.9. The number of benzene rings is 3. The molecule has 1 saturated heterocycles. The number of anilines is 1. The van der Waals surface area contributed by atoms with Gasteiger partial charge in [-0.2, -0.15) is 13.8 Å². The summed E-state index contributed by atoms with van der Waals surface area (Å²) in [5.74, 6) is -5.04. The first-order valence-electron chi connectivity index (χ1n) is 12.5. The summed E-state index contributed by atoms with van der Waals surface area (Å²) in [5, 5.41) is 0. The van der Waals surface area contributed by atoms with Crippen LogP contribution in [0, 0.1) is 0 Å². The van der Waals surface area contributed by atoms with Crippen LogP contribution in [0.25, 0.3) is 0 Å². The highest BCUT2D eigenvalue weighted by molar-refractivity contribution is 7.49. The average Bonchev–Trinajstić information content (AvgIpc) is 3.22. The fourth-order valence-corrected chi connectivity index (χ4v) is 5.30. The number of para-hydroxylation sites is 2. The summed E-state index contributed by atoms with van der Waals surface area (Å²) in [7, 11) is -4.55. The lowest BCUT2D eigenvalue weighted by Crippen LogP contribution is -2.44. The number of hydrogen-bond acceptors (Lipinski definition) is 10. The first kappa shape index (κ1) is 28.9. The van der Waals surface area contributed by atoms with E-state index >= 15 is 8.78 Å². The minimum atomic E-state index is -4.55. The Labute approximate surface area is 238 Å². The summed E-state index contributed by atoms with van der Waals surface area (Å²) in [6.07, 6.45) is -5.33. The third-order valence-corrected chi connectivity index (χ3v) is 7.35. The van der Waals surface area contributed by atoms with E-state index in [2.05, 4.69) is 4.98 Å². The predicted molar refractivity (Wildman–Crippen MR) is 145 cm³/mol. The second-order valence-electron chi connectivity index (χ2n) is 8.99. The number of alkyl halides is 2. The van der Waals surface area contributed by atoms with Gasteiger partial charge in [-0.05, 0) is 42.5 Å². The number of hydrogen-bond donors (Lipinski definition) is 1. The maximum atomic E-state index is 15.9. The van der Waals surface area contributed by atoms with Crippen molar-refractivity contribution < 1.29 is 41.2 Å². The average molecular weight is 599 g/mol. The number of halogens is 2. The van der Waals surface area contributed by atoms with Gasteiger partial charge in [0.1, 0.15) is 23.4 Å². The number of rotatable bonds is 10. The van der Waals surface area contributed by atoms with E-state index in [9.17, 15) is 14.2 Å². The first-order valence-corrected chi connectivity index (χ1v) is 14.0. The zero-order chi connectivity index (χ0) is 29.7. The minimum Gasteiger partial charge on any atom is -0.449 e. The smallest absolute Gasteiger partial charge is 0.449 e. The van der Waals surface area contributed by atoms with Crippen molar-refractivity contribution in [3.05, 3.63) is 119 Å². The lowest BCUT2D eigenvalue weighted by molar-refractivity contribution is -0.142. The normalized spacial score (nSPS) is 19.6. The van der Waals surface area contributed by atoms with Crippen molar-refractivity contribution in [1.29, 1.82) is 0 Å². The Balaban J connectivity index is 1.45. The molecule has 2 heterocycles. The number of esters is 1. The van der Waals surface area contributed by atoms with Crippen molar-refractivity contribution in [2.45, 2.75) is 24.4 Å². The standard InChI is InChI=1S/C28H24F2N3O8P/c29-28(30)24(39-25(34)19-10-4-1-5-11-19)22(38-26(28)33-17-16-23(31)32-27(33)35)18-37-42(36,40-20-12-6-2-7-13-20)41-21-14-8-3-9-15-21/h1-17,22,24,26H,18H2,(H2,31,32,35)/t22-,24-,26?/m1/s1. The predicted octanol–water partition coefficient (Wildman–Crippen LogP) is 4.87. The van der Waals surface area contributed by atoms with E-state index in [0.29, 0.717) is 4.57 Å². The molecular formula is C28H24F2N3O8P. The van der Waals surface area contributed by atoms with E-state index in [-0.39, 0.29) is 22.9 Å². The Morgan fingerprint density at radius 3 is 2.02 bits per heavy atom. The lowest BCUT2D eigenvalue weighted by atomic mass is 10.1. The minimum absolute atomic E-state index is 0.00627. The second kappa shape index (κ2) is 12.1. The van der Waals surface area contributed by atoms with Crippen LogP contribution in [0.5, 0.6) is 11.5 Å². The number of ether oxygens (including phenoxy) is 2. The summed E-state index contributed by atoms with van der Waals surface area (Å²) in [4.78, 5) is 28.7. The van der Waals surface area contributed by atoms with Gasteiger partial charge < -0.3 is 24.3 Å². The van der Waals surface area contributed by atoms with Gasteiger partial charge in [0.15, 0.2) is 6.10 Å². The molecule has 1 aliphatic heterocycles. The highest BCUT2D eigenvalue weighted by atomic mass is 31.2. The molecule has 0 amide bonds. The quantitative estimate of drug-likeness (QED) is 0.198. The van der Waals surface area contributed by atoms with Crippen molar-refractivity contribution >= 4 is 19.6 Å². The third kappa shape index (κ3) is 6.49. The molecule has 0 aliphatic carbocycles. The molecule has 0 saturated carbocycles. The molecular weight excluding hydrogens is 575 g/mol. The second-order valence-corrected chi connectivity index (χ2v) is 10.5. The van der Waals surface area contributed by atoms with Gasteiger partial charge >= 0.3 is 25.4 Å². The molecule has 1 aromatic heterocycles. The van der Waals surface area contributed by atoms with Crippen LogP contribution in [0.2, 0.25) is 0 Å². The van der Waals surface area contributed by atoms with Gasteiger partial charge in [0.05, 0.1) is 12.2 Å². The topological polar surface area (TPSA) is 141 Å². The molecule has 5 rings (SSSR count). The van der Waals surface area contributed by atoms with Gasteiger partial charge in [0.25, 0.3) is 0 Å². The van der Waals surface area contributed by atoms with Crippen LogP contribution in [0.15, 0.2) is 108 Å². The molecule has 3 aromatic carbocycles. The Morgan fingerprint density at radius 2 is 1.48 bits per heavy atom.